The number of benzene rings is 1. The number of amides is 2. The zero-order valence-electron chi connectivity index (χ0n) is 12.7. The number of carbonyl (C=O) groups excluding carboxylic acids is 1. The van der Waals surface area contributed by atoms with E-state index in [0.29, 0.717) is 0 Å². The molecule has 0 bridgehead atoms. The number of carboxylic acids is 1. The largest absolute Gasteiger partial charge is 0.481 e. The number of alkyl halides is 3. The Labute approximate surface area is 136 Å². The van der Waals surface area contributed by atoms with Crippen LogP contribution in [0.3, 0.4) is 0 Å². The lowest BCUT2D eigenvalue weighted by Crippen LogP contribution is -2.47. The second kappa shape index (κ2) is 7.52. The number of urea groups is 1. The van der Waals surface area contributed by atoms with Crippen molar-refractivity contribution < 1.29 is 32.6 Å². The van der Waals surface area contributed by atoms with Gasteiger partial charge in [0.05, 0.1) is 25.1 Å². The van der Waals surface area contributed by atoms with Gasteiger partial charge in [0.2, 0.25) is 0 Å². The van der Waals surface area contributed by atoms with Crippen molar-refractivity contribution in [2.45, 2.75) is 18.7 Å². The van der Waals surface area contributed by atoms with Gasteiger partial charge in [-0.25, -0.2) is 4.79 Å². The number of carboxylic acid groups (broad SMARTS) is 1. The third kappa shape index (κ3) is 4.60. The molecular formula is C15H17F3N2O4. The molecule has 1 saturated heterocycles. The fraction of sp³-hybridized carbons (Fsp3) is 0.467. The molecule has 1 atom stereocenters. The van der Waals surface area contributed by atoms with Crippen molar-refractivity contribution in [3.05, 3.63) is 35.4 Å². The molecule has 0 radical (unpaired) electrons. The van der Waals surface area contributed by atoms with E-state index >= 15 is 0 Å². The molecule has 6 nitrogen and oxygen atoms in total. The molecule has 1 fully saturated rings. The lowest BCUT2D eigenvalue weighted by molar-refractivity contribution is -0.140. The Morgan fingerprint density at radius 1 is 1.33 bits per heavy atom. The molecule has 2 amide bonds. The Kier molecular flexibility index (Phi) is 5.66. The number of rotatable bonds is 4. The monoisotopic (exact) mass is 346 g/mol. The number of nitrogens with zero attached hydrogens (tertiary/aromatic N) is 1. The molecule has 0 aliphatic carbocycles. The molecule has 0 spiro atoms. The maximum atomic E-state index is 13.1. The summed E-state index contributed by atoms with van der Waals surface area (Å²) < 4.78 is 44.7. The number of hydrogen-bond donors (Lipinski definition) is 2. The molecule has 1 aliphatic rings. The smallest absolute Gasteiger partial charge is 0.416 e. The van der Waals surface area contributed by atoms with Gasteiger partial charge in [0, 0.05) is 13.1 Å². The van der Waals surface area contributed by atoms with Crippen molar-refractivity contribution >= 4 is 12.0 Å². The Hall–Kier alpha value is -2.29. The van der Waals surface area contributed by atoms with Gasteiger partial charge in [-0.05, 0) is 11.6 Å². The van der Waals surface area contributed by atoms with Crippen molar-refractivity contribution in [1.82, 2.24) is 10.2 Å². The van der Waals surface area contributed by atoms with Gasteiger partial charge in [-0.2, -0.15) is 13.2 Å². The zero-order valence-corrected chi connectivity index (χ0v) is 12.7. The topological polar surface area (TPSA) is 78.9 Å². The summed E-state index contributed by atoms with van der Waals surface area (Å²) >= 11 is 0. The average Bonchev–Trinajstić information content (AvgIpc) is 2.54. The van der Waals surface area contributed by atoms with Crippen LogP contribution in [0.5, 0.6) is 0 Å². The van der Waals surface area contributed by atoms with E-state index in [2.05, 4.69) is 5.32 Å². The lowest BCUT2D eigenvalue weighted by Gasteiger charge is -2.34. The third-order valence-corrected chi connectivity index (χ3v) is 3.58. The molecule has 2 N–H and O–H groups in total. The van der Waals surface area contributed by atoms with Crippen LogP contribution in [0.1, 0.15) is 23.7 Å². The molecule has 9 heteroatoms. The zero-order chi connectivity index (χ0) is 17.7. The van der Waals surface area contributed by atoms with Crippen LogP contribution >= 0.6 is 0 Å². The predicted octanol–water partition coefficient (Wildman–Crippen LogP) is 2.26. The van der Waals surface area contributed by atoms with Crippen LogP contribution in [0.4, 0.5) is 18.0 Å². The van der Waals surface area contributed by atoms with Gasteiger partial charge in [0.1, 0.15) is 6.10 Å². The molecule has 1 heterocycles. The molecule has 1 aromatic carbocycles. The number of morpholine rings is 1. The second-order valence-corrected chi connectivity index (χ2v) is 5.27. The number of nitrogens with one attached hydrogen (secondary N) is 1. The molecule has 2 rings (SSSR count). The van der Waals surface area contributed by atoms with Crippen molar-refractivity contribution in [3.63, 3.8) is 0 Å². The normalized spacial score (nSPS) is 18.3. The highest BCUT2D eigenvalue weighted by molar-refractivity contribution is 5.75. The van der Waals surface area contributed by atoms with Gasteiger partial charge in [-0.15, -0.1) is 0 Å². The van der Waals surface area contributed by atoms with Crippen LogP contribution < -0.4 is 5.32 Å². The first-order chi connectivity index (χ1) is 11.3. The van der Waals surface area contributed by atoms with E-state index in [0.717, 1.165) is 6.07 Å². The molecule has 1 unspecified atom stereocenters. The number of halogens is 3. The predicted molar refractivity (Wildman–Crippen MR) is 77.4 cm³/mol. The van der Waals surface area contributed by atoms with Crippen molar-refractivity contribution in [2.24, 2.45) is 0 Å². The van der Waals surface area contributed by atoms with Gasteiger partial charge < -0.3 is 20.1 Å². The van der Waals surface area contributed by atoms with Crippen LogP contribution in [0.2, 0.25) is 0 Å². The van der Waals surface area contributed by atoms with Gasteiger partial charge in [0.25, 0.3) is 0 Å². The Morgan fingerprint density at radius 3 is 2.71 bits per heavy atom. The molecule has 0 aromatic heterocycles. The Balaban J connectivity index is 2.06. The number of aliphatic carboxylic acids is 1. The first-order valence-electron chi connectivity index (χ1n) is 7.31. The molecular weight excluding hydrogens is 329 g/mol. The van der Waals surface area contributed by atoms with E-state index in [1.807, 2.05) is 0 Å². The standard InChI is InChI=1S/C15H17F3N2O4/c16-15(17,18)11-4-2-1-3-10(11)12-9-20(7-8-24-12)14(23)19-6-5-13(21)22/h1-4,12H,5-9H2,(H,19,23)(H,21,22). The van der Waals surface area contributed by atoms with Crippen LogP contribution in [-0.4, -0.2) is 48.2 Å². The Bertz CT molecular complexity index is 607. The van der Waals surface area contributed by atoms with E-state index in [1.54, 1.807) is 0 Å². The molecule has 1 aromatic rings. The average molecular weight is 346 g/mol. The van der Waals surface area contributed by atoms with E-state index in [1.165, 1.54) is 23.1 Å². The fourth-order valence-electron chi connectivity index (χ4n) is 2.45. The SMILES string of the molecule is O=C(O)CCNC(=O)N1CCOC(c2ccccc2C(F)(F)F)C1. The molecule has 24 heavy (non-hydrogen) atoms. The van der Waals surface area contributed by atoms with E-state index in [9.17, 15) is 22.8 Å². The van der Waals surface area contributed by atoms with Gasteiger partial charge in [-0.3, -0.25) is 4.79 Å². The second-order valence-electron chi connectivity index (χ2n) is 5.27. The van der Waals surface area contributed by atoms with Gasteiger partial charge >= 0.3 is 18.2 Å². The summed E-state index contributed by atoms with van der Waals surface area (Å²) in [5, 5.41) is 11.0. The van der Waals surface area contributed by atoms with E-state index < -0.39 is 29.8 Å². The van der Waals surface area contributed by atoms with Gasteiger partial charge in [0.15, 0.2) is 0 Å². The third-order valence-electron chi connectivity index (χ3n) is 3.58. The quantitative estimate of drug-likeness (QED) is 0.877. The van der Waals surface area contributed by atoms with Crippen LogP contribution in [0.15, 0.2) is 24.3 Å². The minimum absolute atomic E-state index is 0.0203. The number of carbonyl (C=O) groups is 2. The molecule has 132 valence electrons. The maximum Gasteiger partial charge on any atom is 0.416 e. The first kappa shape index (κ1) is 18.1. The number of hydrogen-bond acceptors (Lipinski definition) is 3. The highest BCUT2D eigenvalue weighted by atomic mass is 19.4. The molecule has 1 aliphatic heterocycles. The summed E-state index contributed by atoms with van der Waals surface area (Å²) in [6.07, 6.45) is -5.62. The summed E-state index contributed by atoms with van der Waals surface area (Å²) in [7, 11) is 0. The molecule has 0 saturated carbocycles. The van der Waals surface area contributed by atoms with E-state index in [-0.39, 0.29) is 38.2 Å². The lowest BCUT2D eigenvalue weighted by atomic mass is 10.0. The summed E-state index contributed by atoms with van der Waals surface area (Å²) in [6, 6.07) is 4.57. The first-order valence-corrected chi connectivity index (χ1v) is 7.31. The van der Waals surface area contributed by atoms with Crippen molar-refractivity contribution in [2.75, 3.05) is 26.2 Å². The fourth-order valence-corrected chi connectivity index (χ4v) is 2.45. The van der Waals surface area contributed by atoms with Gasteiger partial charge in [-0.1, -0.05) is 18.2 Å². The van der Waals surface area contributed by atoms with E-state index in [4.69, 9.17) is 9.84 Å². The van der Waals surface area contributed by atoms with Crippen molar-refractivity contribution in [1.29, 1.82) is 0 Å². The van der Waals surface area contributed by atoms with Crippen molar-refractivity contribution in [3.8, 4) is 0 Å². The summed E-state index contributed by atoms with van der Waals surface area (Å²) in [5.41, 5.74) is -0.809. The summed E-state index contributed by atoms with van der Waals surface area (Å²) in [5.74, 6) is -1.05. The van der Waals surface area contributed by atoms with Crippen LogP contribution in [0, 0.1) is 0 Å². The Morgan fingerprint density at radius 2 is 2.04 bits per heavy atom. The number of ether oxygens (including phenoxy) is 1. The minimum Gasteiger partial charge on any atom is -0.481 e. The highest BCUT2D eigenvalue weighted by Crippen LogP contribution is 2.36. The highest BCUT2D eigenvalue weighted by Gasteiger charge is 2.37. The maximum absolute atomic E-state index is 13.1. The van der Waals surface area contributed by atoms with Crippen LogP contribution in [0.25, 0.3) is 0 Å². The minimum atomic E-state index is -4.51. The van der Waals surface area contributed by atoms with Crippen LogP contribution in [-0.2, 0) is 15.7 Å². The summed E-state index contributed by atoms with van der Waals surface area (Å²) in [4.78, 5) is 23.7. The summed E-state index contributed by atoms with van der Waals surface area (Å²) in [6.45, 7) is 0.244.